The molecule has 0 saturated carbocycles. The number of nitrogens with zero attached hydrogens (tertiary/aromatic N) is 1. The van der Waals surface area contributed by atoms with Crippen LogP contribution in [0.5, 0.6) is 5.75 Å². The van der Waals surface area contributed by atoms with Crippen molar-refractivity contribution in [2.75, 3.05) is 18.6 Å². The summed E-state index contributed by atoms with van der Waals surface area (Å²) in [5.74, 6) is 0.364. The van der Waals surface area contributed by atoms with Crippen LogP contribution in [-0.2, 0) is 9.53 Å². The molecule has 0 radical (unpaired) electrons. The summed E-state index contributed by atoms with van der Waals surface area (Å²) in [4.78, 5) is 11.0. The molecule has 1 aromatic carbocycles. The number of rotatable bonds is 8. The lowest BCUT2D eigenvalue weighted by Gasteiger charge is -2.06. The van der Waals surface area contributed by atoms with E-state index in [0.29, 0.717) is 6.61 Å². The zero-order valence-corrected chi connectivity index (χ0v) is 11.4. The summed E-state index contributed by atoms with van der Waals surface area (Å²) < 4.78 is 10.2. The first kappa shape index (κ1) is 15.0. The molecule has 0 aliphatic heterocycles. The summed E-state index contributed by atoms with van der Waals surface area (Å²) in [5.41, 5.74) is 3.52. The number of anilines is 1. The highest BCUT2D eigenvalue weighted by Gasteiger charge is 1.96. The maximum Gasteiger partial charge on any atom is 0.351 e. The highest BCUT2D eigenvalue weighted by Crippen LogP contribution is 2.15. The lowest BCUT2D eigenvalue weighted by Crippen LogP contribution is -2.06. The van der Waals surface area contributed by atoms with Gasteiger partial charge in [-0.2, -0.15) is 5.10 Å². The smallest absolute Gasteiger partial charge is 0.351 e. The molecule has 0 fully saturated rings. The fraction of sp³-hybridized carbons (Fsp3) is 0.429. The normalized spacial score (nSPS) is 10.4. The molecule has 1 rings (SSSR count). The summed E-state index contributed by atoms with van der Waals surface area (Å²) in [7, 11) is 0. The average Bonchev–Trinajstić information content (AvgIpc) is 2.41. The van der Waals surface area contributed by atoms with E-state index < -0.39 is 5.97 Å². The quantitative estimate of drug-likeness (QED) is 0.339. The molecule has 1 N–H and O–H groups in total. The Morgan fingerprint density at radius 2 is 2.05 bits per heavy atom. The van der Waals surface area contributed by atoms with E-state index in [9.17, 15) is 4.79 Å². The lowest BCUT2D eigenvalue weighted by molar-refractivity contribution is -0.134. The highest BCUT2D eigenvalue weighted by atomic mass is 16.5. The molecule has 0 spiro atoms. The number of carbonyl (C=O) groups is 1. The van der Waals surface area contributed by atoms with Crippen LogP contribution in [0.4, 0.5) is 5.69 Å². The third-order valence-corrected chi connectivity index (χ3v) is 2.27. The van der Waals surface area contributed by atoms with E-state index in [1.54, 1.807) is 6.92 Å². The van der Waals surface area contributed by atoms with Crippen LogP contribution in [0.15, 0.2) is 29.4 Å². The Morgan fingerprint density at radius 3 is 2.68 bits per heavy atom. The number of benzene rings is 1. The second-order valence-corrected chi connectivity index (χ2v) is 3.85. The molecule has 0 amide bonds. The number of carbonyl (C=O) groups excluding carboxylic acids is 1. The van der Waals surface area contributed by atoms with E-state index in [4.69, 9.17) is 9.47 Å². The molecule has 19 heavy (non-hydrogen) atoms. The number of ether oxygens (including phenoxy) is 2. The molecule has 0 bridgehead atoms. The summed E-state index contributed by atoms with van der Waals surface area (Å²) in [6.07, 6.45) is 3.27. The van der Waals surface area contributed by atoms with Crippen LogP contribution in [0.3, 0.4) is 0 Å². The summed E-state index contributed by atoms with van der Waals surface area (Å²) in [5, 5.41) is 3.77. The third kappa shape index (κ3) is 6.45. The molecule has 1 aromatic rings. The number of hydrazone groups is 1. The van der Waals surface area contributed by atoms with E-state index >= 15 is 0 Å². The van der Waals surface area contributed by atoms with Gasteiger partial charge >= 0.3 is 5.97 Å². The SMILES string of the molecule is CCCCOc1ccc(N/N=C/C(=O)OCC)cc1. The van der Waals surface area contributed by atoms with Crippen LogP contribution in [0.25, 0.3) is 0 Å². The van der Waals surface area contributed by atoms with Crippen LogP contribution in [0.1, 0.15) is 26.7 Å². The van der Waals surface area contributed by atoms with Gasteiger partial charge in [-0.15, -0.1) is 0 Å². The molecule has 0 aliphatic rings. The van der Waals surface area contributed by atoms with E-state index in [1.807, 2.05) is 24.3 Å². The van der Waals surface area contributed by atoms with Gasteiger partial charge in [-0.05, 0) is 37.6 Å². The molecular weight excluding hydrogens is 244 g/mol. The van der Waals surface area contributed by atoms with Crippen molar-refractivity contribution in [3.8, 4) is 5.75 Å². The fourth-order valence-corrected chi connectivity index (χ4v) is 1.30. The number of unbranched alkanes of at least 4 members (excludes halogenated alkanes) is 1. The molecule has 0 aromatic heterocycles. The Balaban J connectivity index is 2.37. The molecular formula is C14H20N2O3. The van der Waals surface area contributed by atoms with Gasteiger partial charge in [0.05, 0.1) is 18.9 Å². The lowest BCUT2D eigenvalue weighted by atomic mass is 10.3. The molecule has 0 atom stereocenters. The Labute approximate surface area is 113 Å². The second kappa shape index (κ2) is 8.97. The fourth-order valence-electron chi connectivity index (χ4n) is 1.30. The monoisotopic (exact) mass is 264 g/mol. The number of hydrogen-bond acceptors (Lipinski definition) is 5. The van der Waals surface area contributed by atoms with E-state index in [2.05, 4.69) is 17.5 Å². The van der Waals surface area contributed by atoms with Gasteiger partial charge in [0.15, 0.2) is 0 Å². The largest absolute Gasteiger partial charge is 0.494 e. The van der Waals surface area contributed by atoms with Crippen LogP contribution >= 0.6 is 0 Å². The molecule has 0 heterocycles. The first-order valence-electron chi connectivity index (χ1n) is 6.45. The van der Waals surface area contributed by atoms with Gasteiger partial charge in [-0.25, -0.2) is 4.79 Å². The minimum atomic E-state index is -0.463. The first-order chi connectivity index (χ1) is 9.26. The molecule has 104 valence electrons. The number of hydrogen-bond donors (Lipinski definition) is 1. The minimum Gasteiger partial charge on any atom is -0.494 e. The van der Waals surface area contributed by atoms with Crippen LogP contribution in [0, 0.1) is 0 Å². The zero-order valence-electron chi connectivity index (χ0n) is 11.4. The second-order valence-electron chi connectivity index (χ2n) is 3.85. The van der Waals surface area contributed by atoms with E-state index in [-0.39, 0.29) is 0 Å². The van der Waals surface area contributed by atoms with Crippen molar-refractivity contribution < 1.29 is 14.3 Å². The Kier molecular flexibility index (Phi) is 7.09. The van der Waals surface area contributed by atoms with Gasteiger partial charge in [-0.3, -0.25) is 5.43 Å². The van der Waals surface area contributed by atoms with E-state index in [0.717, 1.165) is 37.1 Å². The van der Waals surface area contributed by atoms with Crippen molar-refractivity contribution in [1.29, 1.82) is 0 Å². The summed E-state index contributed by atoms with van der Waals surface area (Å²) in [6.45, 7) is 4.94. The van der Waals surface area contributed by atoms with Gasteiger partial charge in [0.2, 0.25) is 0 Å². The molecule has 0 aliphatic carbocycles. The first-order valence-corrected chi connectivity index (χ1v) is 6.45. The van der Waals surface area contributed by atoms with Gasteiger partial charge in [0, 0.05) is 0 Å². The predicted octanol–water partition coefficient (Wildman–Crippen LogP) is 2.83. The maximum absolute atomic E-state index is 11.0. The van der Waals surface area contributed by atoms with Crippen LogP contribution < -0.4 is 10.2 Å². The topological polar surface area (TPSA) is 59.9 Å². The van der Waals surface area contributed by atoms with Gasteiger partial charge in [0.25, 0.3) is 0 Å². The number of nitrogens with one attached hydrogen (secondary N) is 1. The van der Waals surface area contributed by atoms with Crippen molar-refractivity contribution in [2.24, 2.45) is 5.10 Å². The predicted molar refractivity (Wildman–Crippen MR) is 75.6 cm³/mol. The molecule has 5 nitrogen and oxygen atoms in total. The van der Waals surface area contributed by atoms with Crippen LogP contribution in [0.2, 0.25) is 0 Å². The third-order valence-electron chi connectivity index (χ3n) is 2.27. The molecule has 5 heteroatoms. The Bertz CT molecular complexity index is 402. The minimum absolute atomic E-state index is 0.342. The standard InChI is InChI=1S/C14H20N2O3/c1-3-5-10-19-13-8-6-12(7-9-13)16-15-11-14(17)18-4-2/h6-9,11,16H,3-5,10H2,1-2H3/b15-11+. The Hall–Kier alpha value is -2.04. The summed E-state index contributed by atoms with van der Waals surface area (Å²) >= 11 is 0. The Morgan fingerprint density at radius 1 is 1.32 bits per heavy atom. The van der Waals surface area contributed by atoms with Crippen molar-refractivity contribution in [1.82, 2.24) is 0 Å². The molecule has 0 unspecified atom stereocenters. The van der Waals surface area contributed by atoms with Gasteiger partial charge in [-0.1, -0.05) is 13.3 Å². The molecule has 0 saturated heterocycles. The van der Waals surface area contributed by atoms with Crippen molar-refractivity contribution >= 4 is 17.9 Å². The van der Waals surface area contributed by atoms with Crippen molar-refractivity contribution in [2.45, 2.75) is 26.7 Å². The van der Waals surface area contributed by atoms with Gasteiger partial charge < -0.3 is 9.47 Å². The maximum atomic E-state index is 11.0. The number of esters is 1. The van der Waals surface area contributed by atoms with E-state index in [1.165, 1.54) is 0 Å². The van der Waals surface area contributed by atoms with Gasteiger partial charge in [0.1, 0.15) is 12.0 Å². The van der Waals surface area contributed by atoms with Crippen LogP contribution in [-0.4, -0.2) is 25.4 Å². The summed E-state index contributed by atoms with van der Waals surface area (Å²) in [6, 6.07) is 7.39. The van der Waals surface area contributed by atoms with Crippen molar-refractivity contribution in [3.05, 3.63) is 24.3 Å². The average molecular weight is 264 g/mol. The van der Waals surface area contributed by atoms with Crippen molar-refractivity contribution in [3.63, 3.8) is 0 Å². The zero-order chi connectivity index (χ0) is 13.9. The highest BCUT2D eigenvalue weighted by molar-refractivity contribution is 6.23.